The van der Waals surface area contributed by atoms with Gasteiger partial charge in [0.2, 0.25) is 0 Å². The Morgan fingerprint density at radius 3 is 1.22 bits per heavy atom. The van der Waals surface area contributed by atoms with Crippen molar-refractivity contribution in [3.63, 3.8) is 0 Å². The molecule has 0 nitrogen and oxygen atoms in total. The minimum atomic E-state index is 0. The van der Waals surface area contributed by atoms with Gasteiger partial charge in [0, 0.05) is 0 Å². The molecular weight excluding hydrogens is 311 g/mol. The zero-order valence-electron chi connectivity index (χ0n) is 4.65. The van der Waals surface area contributed by atoms with Crippen LogP contribution in [0.25, 0.3) is 0 Å². The number of hydrogen-bond donors (Lipinski definition) is 0. The molecule has 0 saturated carbocycles. The van der Waals surface area contributed by atoms with E-state index in [4.69, 9.17) is 0 Å². The van der Waals surface area contributed by atoms with Crippen LogP contribution in [-0.2, 0) is 0 Å². The molecule has 0 heterocycles. The summed E-state index contributed by atoms with van der Waals surface area (Å²) in [6.07, 6.45) is 9.50. The number of halogens is 3. The third-order valence-electron chi connectivity index (χ3n) is 0.655. The van der Waals surface area contributed by atoms with Crippen molar-refractivity contribution >= 4 is 0 Å². The molecule has 1 aliphatic carbocycles. The average molecular weight is 317 g/mol. The van der Waals surface area contributed by atoms with Crippen LogP contribution in [0.2, 0.25) is 0 Å². The van der Waals surface area contributed by atoms with Gasteiger partial charge >= 0.3 is 40.8 Å². The predicted molar refractivity (Wildman–Crippen MR) is 22.9 cm³/mol. The quantitative estimate of drug-likeness (QED) is 0.417. The molecule has 0 aromatic rings. The van der Waals surface area contributed by atoms with Gasteiger partial charge in [-0.25, -0.2) is 0 Å². The number of allylic oxidation sites excluding steroid dienone is 4. The molecule has 0 saturated heterocycles. The summed E-state index contributed by atoms with van der Waals surface area (Å²) < 4.78 is 0. The molecule has 0 atom stereocenters. The Morgan fingerprint density at radius 1 is 0.778 bits per heavy atom. The van der Waals surface area contributed by atoms with E-state index in [-0.39, 0.29) is 78.1 Å². The van der Waals surface area contributed by atoms with Crippen molar-refractivity contribution in [2.75, 3.05) is 0 Å². The maximum absolute atomic E-state index is 2.12. The minimum Gasteiger partial charge on any atom is -1.00 e. The van der Waals surface area contributed by atoms with Crippen LogP contribution in [0.15, 0.2) is 24.3 Å². The molecule has 0 spiro atoms. The second-order valence-corrected chi connectivity index (χ2v) is 1.09. The number of hydrogen-bond acceptors (Lipinski definition) is 0. The first-order valence-corrected chi connectivity index (χ1v) is 1.82. The van der Waals surface area contributed by atoms with E-state index in [1.807, 2.05) is 0 Å². The molecule has 0 aromatic heterocycles. The third kappa shape index (κ3) is 12.8. The zero-order valence-corrected chi connectivity index (χ0v) is 10.1. The van der Waals surface area contributed by atoms with Gasteiger partial charge in [0.25, 0.3) is 0 Å². The fourth-order valence-corrected chi connectivity index (χ4v) is 0.393. The van der Waals surface area contributed by atoms with Gasteiger partial charge in [-0.05, 0) is 6.42 Å². The minimum absolute atomic E-state index is 0. The molecule has 1 radical (unpaired) electrons. The molecule has 0 unspecified atom stereocenters. The van der Waals surface area contributed by atoms with Crippen molar-refractivity contribution in [2.24, 2.45) is 0 Å². The van der Waals surface area contributed by atoms with Crippen molar-refractivity contribution < 1.29 is 78.1 Å². The largest absolute Gasteiger partial charge is 3.00 e. The summed E-state index contributed by atoms with van der Waals surface area (Å²) in [5, 5.41) is 0. The van der Waals surface area contributed by atoms with Gasteiger partial charge in [-0.3, -0.25) is 0 Å². The molecule has 4 heteroatoms. The maximum atomic E-state index is 2.12. The van der Waals surface area contributed by atoms with E-state index in [0.29, 0.717) is 0 Å². The topological polar surface area (TPSA) is 0 Å². The number of rotatable bonds is 0. The summed E-state index contributed by atoms with van der Waals surface area (Å²) in [5.74, 6) is 0. The Labute approximate surface area is 107 Å². The summed E-state index contributed by atoms with van der Waals surface area (Å²) in [6.45, 7) is 0. The molecule has 0 fully saturated rings. The van der Waals surface area contributed by atoms with Gasteiger partial charge < -0.3 is 37.2 Å². The predicted octanol–water partition coefficient (Wildman–Crippen LogP) is -7.49. The van der Waals surface area contributed by atoms with Crippen molar-refractivity contribution in [2.45, 2.75) is 6.42 Å². The molecule has 0 aromatic carbocycles. The Kier molecular flexibility index (Phi) is 40.8. The van der Waals surface area contributed by atoms with E-state index in [9.17, 15) is 0 Å². The van der Waals surface area contributed by atoms with Crippen LogP contribution < -0.4 is 37.2 Å². The summed E-state index contributed by atoms with van der Waals surface area (Å²) in [7, 11) is 0. The summed E-state index contributed by atoms with van der Waals surface area (Å²) in [4.78, 5) is 0. The first-order chi connectivity index (χ1) is 2.50. The molecule has 1 rings (SSSR count). The van der Waals surface area contributed by atoms with Crippen molar-refractivity contribution in [1.29, 1.82) is 0 Å². The maximum Gasteiger partial charge on any atom is 3.00 e. The van der Waals surface area contributed by atoms with Crippen LogP contribution in [-0.4, -0.2) is 0 Å². The Hall–Kier alpha value is 1.70. The summed E-state index contributed by atoms with van der Waals surface area (Å²) in [6, 6.07) is 0. The standard InChI is InChI=1S/C5H6.3ClH.Nd/c1-2-4-5-3-1;;;;/h1-4H,5H2;3*1H;/q;;;;+3/p-3. The van der Waals surface area contributed by atoms with Crippen molar-refractivity contribution in [1.82, 2.24) is 0 Å². The smallest absolute Gasteiger partial charge is 1.00 e. The van der Waals surface area contributed by atoms with Gasteiger partial charge in [0.15, 0.2) is 0 Å². The van der Waals surface area contributed by atoms with Crippen LogP contribution in [0.4, 0.5) is 0 Å². The second-order valence-electron chi connectivity index (χ2n) is 1.09. The van der Waals surface area contributed by atoms with Gasteiger partial charge in [-0.15, -0.1) is 0 Å². The first-order valence-electron chi connectivity index (χ1n) is 1.82. The van der Waals surface area contributed by atoms with Crippen LogP contribution in [0.3, 0.4) is 0 Å². The molecule has 0 bridgehead atoms. The summed E-state index contributed by atoms with van der Waals surface area (Å²) >= 11 is 0. The van der Waals surface area contributed by atoms with E-state index in [2.05, 4.69) is 24.3 Å². The van der Waals surface area contributed by atoms with Crippen molar-refractivity contribution in [3.05, 3.63) is 24.3 Å². The van der Waals surface area contributed by atoms with Gasteiger partial charge in [0.05, 0.1) is 0 Å². The average Bonchev–Trinajstić information content (AvgIpc) is 1.76. The van der Waals surface area contributed by atoms with Crippen molar-refractivity contribution in [3.8, 4) is 0 Å². The monoisotopic (exact) mass is 313 g/mol. The Bertz CT molecular complexity index is 70.3. The molecule has 0 N–H and O–H groups in total. The van der Waals surface area contributed by atoms with E-state index < -0.39 is 0 Å². The second kappa shape index (κ2) is 16.4. The molecule has 51 valence electrons. The van der Waals surface area contributed by atoms with Gasteiger partial charge in [-0.2, -0.15) is 0 Å². The SMILES string of the molecule is C1=CCC=C1.[Cl-].[Cl-].[Cl-].[Nd+3]. The third-order valence-corrected chi connectivity index (χ3v) is 0.655. The Morgan fingerprint density at radius 2 is 1.11 bits per heavy atom. The van der Waals surface area contributed by atoms with Gasteiger partial charge in [0.1, 0.15) is 0 Å². The van der Waals surface area contributed by atoms with E-state index in [1.54, 1.807) is 0 Å². The first kappa shape index (κ1) is 22.4. The Balaban J connectivity index is -0.0000000312. The van der Waals surface area contributed by atoms with E-state index in [1.165, 1.54) is 0 Å². The molecule has 0 amide bonds. The zero-order chi connectivity index (χ0) is 3.54. The molecule has 1 aliphatic rings. The fourth-order valence-electron chi connectivity index (χ4n) is 0.393. The molecule has 9 heavy (non-hydrogen) atoms. The van der Waals surface area contributed by atoms with Crippen LogP contribution >= 0.6 is 0 Å². The fraction of sp³-hybridized carbons (Fsp3) is 0.200. The van der Waals surface area contributed by atoms with Crippen LogP contribution in [0.1, 0.15) is 6.42 Å². The van der Waals surface area contributed by atoms with E-state index in [0.717, 1.165) is 6.42 Å². The van der Waals surface area contributed by atoms with Crippen LogP contribution in [0.5, 0.6) is 0 Å². The molecular formula is C5H6Cl3Nd. The van der Waals surface area contributed by atoms with Gasteiger partial charge in [-0.1, -0.05) is 24.3 Å². The normalized spacial score (nSPS) is 9.78. The van der Waals surface area contributed by atoms with E-state index >= 15 is 0 Å². The van der Waals surface area contributed by atoms with Crippen LogP contribution in [0, 0.1) is 40.8 Å². The molecule has 0 aliphatic heterocycles. The summed E-state index contributed by atoms with van der Waals surface area (Å²) in [5.41, 5.74) is 0.